The molecule has 1 aromatic carbocycles. The molecule has 0 bridgehead atoms. The molecule has 37 heavy (non-hydrogen) atoms. The zero-order valence-electron chi connectivity index (χ0n) is 22.1. The molecule has 0 unspecified atom stereocenters. The van der Waals surface area contributed by atoms with Crippen molar-refractivity contribution in [3.8, 4) is 0 Å². The van der Waals surface area contributed by atoms with Crippen LogP contribution in [0.2, 0.25) is 0 Å². The third-order valence-corrected chi connectivity index (χ3v) is 6.55. The van der Waals surface area contributed by atoms with Crippen LogP contribution in [0.4, 0.5) is 9.18 Å². The lowest BCUT2D eigenvalue weighted by molar-refractivity contribution is -0.133. The fraction of sp³-hybridized carbons (Fsp3) is 0.519. The lowest BCUT2D eigenvalue weighted by atomic mass is 10.0. The van der Waals surface area contributed by atoms with Crippen molar-refractivity contribution in [1.82, 2.24) is 24.7 Å². The van der Waals surface area contributed by atoms with Crippen LogP contribution in [-0.4, -0.2) is 88.5 Å². The number of hydrogen-bond acceptors (Lipinski definition) is 5. The Morgan fingerprint density at radius 3 is 2.49 bits per heavy atom. The molecule has 9 nitrogen and oxygen atoms in total. The van der Waals surface area contributed by atoms with E-state index in [0.717, 1.165) is 30.1 Å². The Morgan fingerprint density at radius 1 is 1.16 bits per heavy atom. The monoisotopic (exact) mass is 512 g/mol. The highest BCUT2D eigenvalue weighted by Crippen LogP contribution is 2.33. The second-order valence-corrected chi connectivity index (χ2v) is 10.6. The van der Waals surface area contributed by atoms with E-state index in [2.05, 4.69) is 10.2 Å². The van der Waals surface area contributed by atoms with Crippen LogP contribution in [0.5, 0.6) is 0 Å². The van der Waals surface area contributed by atoms with E-state index in [1.807, 2.05) is 50.7 Å². The van der Waals surface area contributed by atoms with Gasteiger partial charge in [-0.1, -0.05) is 12.1 Å². The van der Waals surface area contributed by atoms with Crippen molar-refractivity contribution in [1.29, 1.82) is 0 Å². The summed E-state index contributed by atoms with van der Waals surface area (Å²) in [6.45, 7) is 9.58. The Labute approximate surface area is 217 Å². The second kappa shape index (κ2) is 11.4. The van der Waals surface area contributed by atoms with Gasteiger partial charge in [-0.3, -0.25) is 9.69 Å². The van der Waals surface area contributed by atoms with Gasteiger partial charge in [-0.2, -0.15) is 5.10 Å². The number of morpholine rings is 1. The quantitative estimate of drug-likeness (QED) is 0.619. The largest absolute Gasteiger partial charge is 0.379 e. The number of urea groups is 1. The van der Waals surface area contributed by atoms with E-state index in [1.165, 1.54) is 17.1 Å². The minimum absolute atomic E-state index is 0.117. The number of amides is 3. The van der Waals surface area contributed by atoms with Crippen LogP contribution >= 0.6 is 0 Å². The minimum atomic E-state index is -0.445. The van der Waals surface area contributed by atoms with Gasteiger partial charge in [-0.15, -0.1) is 0 Å². The SMILES string of the molecule is Cn1cccc1C1=NN(C(=O)CN(CCN2CCOCC2)C(=O)NC(C)(C)C)[C@H](c2ccc(F)cc2)C1. The van der Waals surface area contributed by atoms with Crippen LogP contribution in [0.1, 0.15) is 44.5 Å². The summed E-state index contributed by atoms with van der Waals surface area (Å²) in [5.41, 5.74) is 2.03. The standard InChI is InChI=1S/C27H37FN6O3/c1-27(2,3)29-26(36)33(13-12-32-14-16-37-17-15-32)19-25(35)34-24(20-7-9-21(28)10-8-20)18-22(30-34)23-6-5-11-31(23)4/h5-11,24H,12-19H2,1-4H3,(H,29,36)/t24-/m0/s1. The number of aryl methyl sites for hydroxylation is 1. The summed E-state index contributed by atoms with van der Waals surface area (Å²) in [4.78, 5) is 30.7. The van der Waals surface area contributed by atoms with Crippen LogP contribution in [0.15, 0.2) is 47.7 Å². The van der Waals surface area contributed by atoms with Gasteiger partial charge in [0, 0.05) is 51.4 Å². The molecule has 3 amide bonds. The molecule has 2 aliphatic heterocycles. The van der Waals surface area contributed by atoms with Gasteiger partial charge in [0.15, 0.2) is 0 Å². The van der Waals surface area contributed by atoms with E-state index in [1.54, 1.807) is 17.0 Å². The molecular weight excluding hydrogens is 475 g/mol. The predicted octanol–water partition coefficient (Wildman–Crippen LogP) is 2.98. The summed E-state index contributed by atoms with van der Waals surface area (Å²) in [5.74, 6) is -0.624. The first-order valence-corrected chi connectivity index (χ1v) is 12.7. The van der Waals surface area contributed by atoms with E-state index in [0.29, 0.717) is 32.7 Å². The molecule has 1 N–H and O–H groups in total. The van der Waals surface area contributed by atoms with Crippen molar-refractivity contribution in [2.24, 2.45) is 12.1 Å². The smallest absolute Gasteiger partial charge is 0.318 e. The number of hydrogen-bond donors (Lipinski definition) is 1. The van der Waals surface area contributed by atoms with Crippen molar-refractivity contribution in [3.63, 3.8) is 0 Å². The molecule has 200 valence electrons. The minimum Gasteiger partial charge on any atom is -0.379 e. The molecule has 0 aliphatic carbocycles. The third-order valence-electron chi connectivity index (χ3n) is 6.55. The van der Waals surface area contributed by atoms with Crippen LogP contribution in [0, 0.1) is 5.82 Å². The molecule has 2 aliphatic rings. The second-order valence-electron chi connectivity index (χ2n) is 10.6. The molecule has 1 aromatic heterocycles. The zero-order valence-corrected chi connectivity index (χ0v) is 22.1. The Morgan fingerprint density at radius 2 is 1.86 bits per heavy atom. The maximum absolute atomic E-state index is 13.7. The van der Waals surface area contributed by atoms with Crippen LogP contribution in [0.3, 0.4) is 0 Å². The number of hydrazone groups is 1. The van der Waals surface area contributed by atoms with Gasteiger partial charge < -0.3 is 19.5 Å². The molecular formula is C27H37FN6O3. The van der Waals surface area contributed by atoms with E-state index in [4.69, 9.17) is 9.84 Å². The zero-order chi connectivity index (χ0) is 26.6. The fourth-order valence-corrected chi connectivity index (χ4v) is 4.58. The number of halogens is 1. The summed E-state index contributed by atoms with van der Waals surface area (Å²) in [6, 6.07) is 9.37. The van der Waals surface area contributed by atoms with Crippen LogP contribution in [0.25, 0.3) is 0 Å². The van der Waals surface area contributed by atoms with Gasteiger partial charge in [0.25, 0.3) is 5.91 Å². The number of carbonyl (C=O) groups is 2. The van der Waals surface area contributed by atoms with Crippen molar-refractivity contribution >= 4 is 17.6 Å². The van der Waals surface area contributed by atoms with Crippen molar-refractivity contribution < 1.29 is 18.7 Å². The average molecular weight is 513 g/mol. The van der Waals surface area contributed by atoms with Gasteiger partial charge in [0.1, 0.15) is 12.4 Å². The van der Waals surface area contributed by atoms with Crippen molar-refractivity contribution in [3.05, 3.63) is 59.7 Å². The summed E-state index contributed by atoms with van der Waals surface area (Å²) >= 11 is 0. The van der Waals surface area contributed by atoms with Gasteiger partial charge >= 0.3 is 6.03 Å². The third kappa shape index (κ3) is 6.95. The van der Waals surface area contributed by atoms with Crippen molar-refractivity contribution in [2.75, 3.05) is 45.9 Å². The first-order valence-electron chi connectivity index (χ1n) is 12.7. The van der Waals surface area contributed by atoms with E-state index in [-0.39, 0.29) is 30.3 Å². The normalized spacial score (nSPS) is 18.6. The molecule has 1 saturated heterocycles. The lowest BCUT2D eigenvalue weighted by Gasteiger charge is -2.32. The molecule has 0 radical (unpaired) electrons. The summed E-state index contributed by atoms with van der Waals surface area (Å²) in [7, 11) is 1.93. The van der Waals surface area contributed by atoms with Gasteiger partial charge in [0.2, 0.25) is 0 Å². The highest BCUT2D eigenvalue weighted by molar-refractivity contribution is 6.02. The van der Waals surface area contributed by atoms with Gasteiger partial charge in [0.05, 0.1) is 30.7 Å². The molecule has 2 aromatic rings. The first-order chi connectivity index (χ1) is 17.6. The molecule has 10 heteroatoms. The molecule has 0 spiro atoms. The number of aromatic nitrogens is 1. The fourth-order valence-electron chi connectivity index (χ4n) is 4.58. The predicted molar refractivity (Wildman–Crippen MR) is 140 cm³/mol. The van der Waals surface area contributed by atoms with Crippen LogP contribution in [-0.2, 0) is 16.6 Å². The highest BCUT2D eigenvalue weighted by atomic mass is 19.1. The molecule has 4 rings (SSSR count). The molecule has 1 fully saturated rings. The number of ether oxygens (including phenoxy) is 1. The van der Waals surface area contributed by atoms with E-state index >= 15 is 0 Å². The van der Waals surface area contributed by atoms with Gasteiger partial charge in [-0.05, 0) is 50.6 Å². The summed E-state index contributed by atoms with van der Waals surface area (Å²) in [5, 5.41) is 9.15. The number of benzene rings is 1. The lowest BCUT2D eigenvalue weighted by Crippen LogP contribution is -2.53. The Hall–Kier alpha value is -3.24. The molecule has 1 atom stereocenters. The molecule has 3 heterocycles. The molecule has 0 saturated carbocycles. The summed E-state index contributed by atoms with van der Waals surface area (Å²) in [6.07, 6.45) is 2.43. The Balaban J connectivity index is 1.56. The number of nitrogens with one attached hydrogen (secondary N) is 1. The number of rotatable bonds is 7. The maximum atomic E-state index is 13.7. The maximum Gasteiger partial charge on any atom is 0.318 e. The Kier molecular flexibility index (Phi) is 8.29. The van der Waals surface area contributed by atoms with Gasteiger partial charge in [-0.25, -0.2) is 14.2 Å². The topological polar surface area (TPSA) is 82.4 Å². The van der Waals surface area contributed by atoms with E-state index < -0.39 is 5.54 Å². The van der Waals surface area contributed by atoms with Crippen LogP contribution < -0.4 is 5.32 Å². The summed E-state index contributed by atoms with van der Waals surface area (Å²) < 4.78 is 21.0. The first kappa shape index (κ1) is 26.8. The number of carbonyl (C=O) groups excluding carboxylic acids is 2. The van der Waals surface area contributed by atoms with Crippen molar-refractivity contribution in [2.45, 2.75) is 38.8 Å². The Bertz CT molecular complexity index is 1120. The average Bonchev–Trinajstić information content (AvgIpc) is 3.48. The highest BCUT2D eigenvalue weighted by Gasteiger charge is 2.35. The van der Waals surface area contributed by atoms with E-state index in [9.17, 15) is 14.0 Å². The number of nitrogens with zero attached hydrogens (tertiary/aromatic N) is 5.